The molecule has 1 aromatic rings. The predicted octanol–water partition coefficient (Wildman–Crippen LogP) is 3.98. The summed E-state index contributed by atoms with van der Waals surface area (Å²) in [5, 5.41) is 17.4. The van der Waals surface area contributed by atoms with Gasteiger partial charge in [0.25, 0.3) is 0 Å². The minimum Gasteiger partial charge on any atom is -0.495 e. The summed E-state index contributed by atoms with van der Waals surface area (Å²) in [4.78, 5) is 67.6. The number of fused-ring (bicyclic) bond motifs is 5. The molecule has 4 bridgehead atoms. The maximum absolute atomic E-state index is 14.0. The largest absolute Gasteiger partial charge is 0.495 e. The quantitative estimate of drug-likeness (QED) is 0.0704. The van der Waals surface area contributed by atoms with Crippen molar-refractivity contribution in [3.8, 4) is 5.75 Å². The summed E-state index contributed by atoms with van der Waals surface area (Å²) in [6, 6.07) is 2.02. The van der Waals surface area contributed by atoms with Crippen LogP contribution in [0.2, 0.25) is 5.02 Å². The van der Waals surface area contributed by atoms with Gasteiger partial charge in [0.15, 0.2) is 5.72 Å². The smallest absolute Gasteiger partial charge is 0.409 e. The molecule has 1 aromatic carbocycles. The molecule has 2 fully saturated rings. The summed E-state index contributed by atoms with van der Waals surface area (Å²) < 4.78 is 46.1. The second kappa shape index (κ2) is 24.9. The van der Waals surface area contributed by atoms with Gasteiger partial charge in [-0.15, -0.1) is 0 Å². The SMILES string of the molecule is COc1cc2cc(c1Cl)N(C)CC[C@H](OC(=O)[C@H](C)N(C)C(=O)CCOCCOCCNC(=O)[C@@H](N)CCC(=O)OC(C)(C)C)[C@]1(C)OC1[C@H](C)[C@@H]1CC(O)(NC(=O)O1)[C@H](OC)/C=C/C=C(\C)C2. The van der Waals surface area contributed by atoms with Crippen molar-refractivity contribution in [2.24, 2.45) is 11.7 Å². The first-order chi connectivity index (χ1) is 31.9. The Labute approximate surface area is 405 Å². The van der Waals surface area contributed by atoms with Gasteiger partial charge < -0.3 is 63.9 Å². The molecule has 382 valence electrons. The number of alkyl carbamates (subject to hydrolysis) is 1. The average molecular weight is 981 g/mol. The zero-order valence-electron chi connectivity index (χ0n) is 41.5. The van der Waals surface area contributed by atoms with Crippen molar-refractivity contribution in [3.05, 3.63) is 46.5 Å². The van der Waals surface area contributed by atoms with Crippen molar-refractivity contribution in [1.82, 2.24) is 15.5 Å². The molecule has 3 amide bonds. The van der Waals surface area contributed by atoms with Crippen LogP contribution < -0.4 is 26.0 Å². The Balaban J connectivity index is 1.36. The Hall–Kier alpha value is -4.50. The van der Waals surface area contributed by atoms with E-state index in [2.05, 4.69) is 10.6 Å². The van der Waals surface area contributed by atoms with E-state index in [9.17, 15) is 29.1 Å². The summed E-state index contributed by atoms with van der Waals surface area (Å²) in [7, 11) is 6.40. The second-order valence-corrected chi connectivity index (χ2v) is 19.3. The number of carbonyl (C=O) groups excluding carboxylic acids is 5. The van der Waals surface area contributed by atoms with Crippen LogP contribution in [0, 0.1) is 5.92 Å². The van der Waals surface area contributed by atoms with Gasteiger partial charge in [0.1, 0.15) is 46.3 Å². The number of halogens is 1. The number of methoxy groups -OCH3 is 2. The number of hydrogen-bond donors (Lipinski definition) is 4. The lowest BCUT2D eigenvalue weighted by Crippen LogP contribution is -2.63. The van der Waals surface area contributed by atoms with Gasteiger partial charge in [-0.2, -0.15) is 0 Å². The summed E-state index contributed by atoms with van der Waals surface area (Å²) in [6.45, 7) is 13.8. The van der Waals surface area contributed by atoms with Crippen molar-refractivity contribution in [2.45, 2.75) is 140 Å². The lowest BCUT2D eigenvalue weighted by atomic mass is 9.83. The molecule has 68 heavy (non-hydrogen) atoms. The van der Waals surface area contributed by atoms with Crippen LogP contribution in [-0.4, -0.2) is 161 Å². The van der Waals surface area contributed by atoms with Crippen LogP contribution in [0.1, 0.15) is 86.1 Å². The number of rotatable bonds is 18. The van der Waals surface area contributed by atoms with Crippen molar-refractivity contribution >= 4 is 47.1 Å². The molecule has 9 atom stereocenters. The molecule has 0 radical (unpaired) electrons. The number of aliphatic hydroxyl groups is 1. The van der Waals surface area contributed by atoms with E-state index in [4.69, 9.17) is 55.2 Å². The highest BCUT2D eigenvalue weighted by Gasteiger charge is 2.64. The fourth-order valence-electron chi connectivity index (χ4n) is 8.19. The molecule has 0 aromatic heterocycles. The number of esters is 2. The van der Waals surface area contributed by atoms with Crippen LogP contribution in [0.4, 0.5) is 10.5 Å². The first-order valence-corrected chi connectivity index (χ1v) is 23.5. The Bertz CT molecular complexity index is 1980. The minimum absolute atomic E-state index is 0.0143. The Morgan fingerprint density at radius 3 is 2.47 bits per heavy atom. The number of hydrogen-bond acceptors (Lipinski definition) is 16. The predicted molar refractivity (Wildman–Crippen MR) is 253 cm³/mol. The third kappa shape index (κ3) is 15.8. The Morgan fingerprint density at radius 2 is 1.81 bits per heavy atom. The fraction of sp³-hybridized carbons (Fsp3) is 0.688. The standard InChI is InChI=1S/C48H74ClN5O14/c1-29-13-12-14-38(62-11)48(60)28-36(65-45(59)52-48)30(2)42-47(7,68-42)37(17-20-53(8)34-26-32(25-29)27-35(61-10)41(34)49)66-44(58)31(3)54(9)39(55)18-21-63-23-24-64-22-19-51-43(57)33(50)15-16-40(56)67-46(4,5)6/h12-14,26-27,30-31,33,36-38,42,60H,15-25,28,50H2,1-11H3,(H,51,57)(H,52,59)/b14-12+,29-13+/t30-,31+,33+,36+,37+,38-,42?,47+,48?/m1/s1. The number of amides is 3. The number of epoxide rings is 1. The highest BCUT2D eigenvalue weighted by Crippen LogP contribution is 2.49. The summed E-state index contributed by atoms with van der Waals surface area (Å²) in [5.41, 5.74) is 5.06. The zero-order chi connectivity index (χ0) is 50.6. The maximum atomic E-state index is 14.0. The van der Waals surface area contributed by atoms with Crippen molar-refractivity contribution in [3.63, 3.8) is 0 Å². The number of benzene rings is 1. The molecule has 3 aliphatic heterocycles. The van der Waals surface area contributed by atoms with E-state index in [0.717, 1.165) is 11.1 Å². The van der Waals surface area contributed by atoms with E-state index in [0.29, 0.717) is 29.4 Å². The highest BCUT2D eigenvalue weighted by molar-refractivity contribution is 6.34. The van der Waals surface area contributed by atoms with Gasteiger partial charge in [-0.25, -0.2) is 9.59 Å². The van der Waals surface area contributed by atoms with E-state index >= 15 is 0 Å². The number of carbonyl (C=O) groups is 5. The van der Waals surface area contributed by atoms with Crippen LogP contribution in [0.15, 0.2) is 35.9 Å². The molecule has 20 heteroatoms. The molecule has 0 saturated carbocycles. The van der Waals surface area contributed by atoms with E-state index in [-0.39, 0.29) is 71.0 Å². The van der Waals surface area contributed by atoms with Crippen LogP contribution in [0.5, 0.6) is 5.75 Å². The van der Waals surface area contributed by atoms with Gasteiger partial charge >= 0.3 is 18.0 Å². The monoisotopic (exact) mass is 979 g/mol. The van der Waals surface area contributed by atoms with Crippen molar-refractivity contribution < 1.29 is 67.0 Å². The molecule has 19 nitrogen and oxygen atoms in total. The molecule has 3 aliphatic rings. The number of nitrogens with one attached hydrogen (secondary N) is 2. The normalized spacial score (nSPS) is 27.4. The Kier molecular flexibility index (Phi) is 20.5. The summed E-state index contributed by atoms with van der Waals surface area (Å²) in [5.74, 6) is -1.79. The average Bonchev–Trinajstić information content (AvgIpc) is 3.97. The molecule has 3 heterocycles. The third-order valence-electron chi connectivity index (χ3n) is 12.4. The van der Waals surface area contributed by atoms with E-state index in [1.165, 1.54) is 19.1 Å². The number of nitrogens with two attached hydrogens (primary N) is 1. The van der Waals surface area contributed by atoms with Crippen LogP contribution in [0.3, 0.4) is 0 Å². The van der Waals surface area contributed by atoms with Gasteiger partial charge in [-0.3, -0.25) is 19.7 Å². The molecule has 0 spiro atoms. The lowest BCUT2D eigenvalue weighted by molar-refractivity contribution is -0.161. The second-order valence-electron chi connectivity index (χ2n) is 19.0. The maximum Gasteiger partial charge on any atom is 0.409 e. The number of ether oxygens (including phenoxy) is 8. The number of nitrogens with zero attached hydrogens (tertiary/aromatic N) is 2. The third-order valence-corrected chi connectivity index (χ3v) is 12.7. The van der Waals surface area contributed by atoms with E-state index < -0.39 is 83.3 Å². The molecule has 5 N–H and O–H groups in total. The molecule has 4 rings (SSSR count). The number of allylic oxidation sites excluding steroid dienone is 3. The highest BCUT2D eigenvalue weighted by atomic mass is 35.5. The molecular weight excluding hydrogens is 906 g/mol. The minimum atomic E-state index is -1.81. The van der Waals surface area contributed by atoms with Gasteiger partial charge in [0, 0.05) is 59.5 Å². The molecule has 2 saturated heterocycles. The van der Waals surface area contributed by atoms with Crippen LogP contribution in [0.25, 0.3) is 0 Å². The van der Waals surface area contributed by atoms with E-state index in [1.807, 2.05) is 50.9 Å². The number of anilines is 1. The molecule has 0 aliphatic carbocycles. The first-order valence-electron chi connectivity index (χ1n) is 23.1. The van der Waals surface area contributed by atoms with Gasteiger partial charge in [-0.05, 0) is 72.1 Å². The van der Waals surface area contributed by atoms with Gasteiger partial charge in [0.05, 0.1) is 57.8 Å². The fourth-order valence-corrected chi connectivity index (χ4v) is 8.52. The van der Waals surface area contributed by atoms with Crippen molar-refractivity contribution in [1.29, 1.82) is 0 Å². The topological polar surface area (TPSA) is 239 Å². The first kappa shape index (κ1) is 56.1. The Morgan fingerprint density at radius 1 is 1.12 bits per heavy atom. The van der Waals surface area contributed by atoms with E-state index in [1.54, 1.807) is 47.0 Å². The van der Waals surface area contributed by atoms with Gasteiger partial charge in [0.2, 0.25) is 11.8 Å². The van der Waals surface area contributed by atoms with Crippen molar-refractivity contribution in [2.75, 3.05) is 72.7 Å². The van der Waals surface area contributed by atoms with Gasteiger partial charge in [-0.1, -0.05) is 42.3 Å². The summed E-state index contributed by atoms with van der Waals surface area (Å²) in [6.07, 6.45) is 2.41. The molecule has 2 unspecified atom stereocenters. The lowest BCUT2D eigenvalue weighted by Gasteiger charge is -2.42. The summed E-state index contributed by atoms with van der Waals surface area (Å²) >= 11 is 6.88. The van der Waals surface area contributed by atoms with Crippen LogP contribution >= 0.6 is 11.6 Å². The zero-order valence-corrected chi connectivity index (χ0v) is 42.3. The molecular formula is C48H74ClN5O14. The van der Waals surface area contributed by atoms with Crippen LogP contribution in [-0.2, 0) is 58.8 Å². The number of likely N-dealkylation sites (N-methyl/N-ethyl adjacent to an activating group) is 1.